The van der Waals surface area contributed by atoms with Gasteiger partial charge < -0.3 is 14.8 Å². The van der Waals surface area contributed by atoms with E-state index in [1.807, 2.05) is 19.1 Å². The number of esters is 2. The molecule has 1 saturated heterocycles. The quantitative estimate of drug-likeness (QED) is 0.326. The van der Waals surface area contributed by atoms with Crippen LogP contribution in [-0.4, -0.2) is 53.8 Å². The third kappa shape index (κ3) is 4.72. The fourth-order valence-corrected chi connectivity index (χ4v) is 5.26. The van der Waals surface area contributed by atoms with E-state index in [-0.39, 0.29) is 29.6 Å². The van der Waals surface area contributed by atoms with Gasteiger partial charge in [-0.1, -0.05) is 32.9 Å². The van der Waals surface area contributed by atoms with E-state index >= 15 is 0 Å². The Morgan fingerprint density at radius 3 is 2.14 bits per heavy atom. The molecule has 3 amide bonds. The first kappa shape index (κ1) is 24.6. The molecular weight excluding hydrogens is 452 g/mol. The summed E-state index contributed by atoms with van der Waals surface area (Å²) in [5.74, 6) is -3.56. The fourth-order valence-electron chi connectivity index (χ4n) is 5.26. The van der Waals surface area contributed by atoms with Crippen LogP contribution in [0.2, 0.25) is 0 Å². The summed E-state index contributed by atoms with van der Waals surface area (Å²) >= 11 is 0. The largest absolute Gasteiger partial charge is 0.462 e. The number of hydrogen-bond donors (Lipinski definition) is 1. The van der Waals surface area contributed by atoms with Gasteiger partial charge in [-0.25, -0.2) is 9.59 Å². The maximum Gasteiger partial charge on any atom is 0.338 e. The molecule has 1 aliphatic heterocycles. The summed E-state index contributed by atoms with van der Waals surface area (Å²) in [5, 5.41) is 2.59. The Labute approximate surface area is 203 Å². The van der Waals surface area contributed by atoms with Gasteiger partial charge in [-0.05, 0) is 54.9 Å². The number of fused-ring (bicyclic) bond motifs is 5. The first-order valence-corrected chi connectivity index (χ1v) is 12.0. The minimum atomic E-state index is -1.08. The van der Waals surface area contributed by atoms with Crippen LogP contribution in [0.4, 0.5) is 5.69 Å². The molecule has 186 valence electrons. The van der Waals surface area contributed by atoms with E-state index in [4.69, 9.17) is 9.47 Å². The monoisotopic (exact) mass is 482 g/mol. The molecule has 9 nitrogen and oxygen atoms in total. The molecule has 35 heavy (non-hydrogen) atoms. The van der Waals surface area contributed by atoms with E-state index in [9.17, 15) is 24.0 Å². The number of anilines is 1. The number of likely N-dealkylation sites (tertiary alicyclic amines) is 1. The molecule has 1 N–H and O–H groups in total. The molecule has 0 radical (unpaired) electrons. The number of carbonyl (C=O) groups is 5. The Morgan fingerprint density at radius 1 is 1.00 bits per heavy atom. The van der Waals surface area contributed by atoms with Crippen molar-refractivity contribution in [3.63, 3.8) is 0 Å². The predicted molar refractivity (Wildman–Crippen MR) is 125 cm³/mol. The Morgan fingerprint density at radius 2 is 1.60 bits per heavy atom. The molecule has 3 aliphatic rings. The van der Waals surface area contributed by atoms with Crippen LogP contribution in [0.5, 0.6) is 0 Å². The number of carbonyl (C=O) groups excluding carboxylic acids is 5. The van der Waals surface area contributed by atoms with Gasteiger partial charge >= 0.3 is 11.9 Å². The van der Waals surface area contributed by atoms with Gasteiger partial charge in [0.2, 0.25) is 11.8 Å². The molecule has 1 saturated carbocycles. The van der Waals surface area contributed by atoms with Crippen LogP contribution < -0.4 is 5.32 Å². The number of amides is 3. The summed E-state index contributed by atoms with van der Waals surface area (Å²) in [6.45, 7) is 5.13. The zero-order chi connectivity index (χ0) is 25.3. The molecule has 1 heterocycles. The molecule has 0 aromatic heterocycles. The zero-order valence-electron chi connectivity index (χ0n) is 20.1. The molecule has 1 aromatic rings. The molecule has 4 rings (SSSR count). The highest BCUT2D eigenvalue weighted by atomic mass is 16.5. The number of nitrogens with one attached hydrogen (secondary N) is 1. The minimum absolute atomic E-state index is 0.0425. The summed E-state index contributed by atoms with van der Waals surface area (Å²) in [6.07, 6.45) is 5.51. The van der Waals surface area contributed by atoms with E-state index in [0.29, 0.717) is 17.9 Å². The highest BCUT2D eigenvalue weighted by Crippen LogP contribution is 2.53. The summed E-state index contributed by atoms with van der Waals surface area (Å²) in [4.78, 5) is 64.4. The molecule has 1 aromatic carbocycles. The molecular formula is C26H30N2O7. The normalized spacial score (nSPS) is 25.1. The molecule has 0 spiro atoms. The van der Waals surface area contributed by atoms with Crippen LogP contribution in [0, 0.1) is 29.6 Å². The fraction of sp³-hybridized carbons (Fsp3) is 0.500. The standard InChI is InChI=1S/C26H30N2O7/c1-4-11-34-25(32)15-7-9-18(10-8-15)27-19(29)13-35-26(33)22(14(2)3)28-23(30)20-16-5-6-17(12-16)21(20)24(28)31/h5-10,14,16-17,20-22H,4,11-13H2,1-3H3,(H,27,29)/t16-,17-,20-,21+,22+/m0/s1. The maximum atomic E-state index is 13.1. The van der Waals surface area contributed by atoms with Crippen LogP contribution in [0.3, 0.4) is 0 Å². The predicted octanol–water partition coefficient (Wildman–Crippen LogP) is 2.57. The SMILES string of the molecule is CCCOC(=O)c1ccc(NC(=O)COC(=O)[C@@H](C(C)C)N2C(=O)[C@@H]3[C@H](C2=O)[C@H]2C=C[C@H]3C2)cc1. The topological polar surface area (TPSA) is 119 Å². The van der Waals surface area contributed by atoms with E-state index in [1.54, 1.807) is 26.0 Å². The Balaban J connectivity index is 1.34. The third-order valence-electron chi connectivity index (χ3n) is 6.84. The van der Waals surface area contributed by atoms with Crippen LogP contribution >= 0.6 is 0 Å². The highest BCUT2D eigenvalue weighted by molar-refractivity contribution is 6.09. The van der Waals surface area contributed by atoms with E-state index in [1.165, 1.54) is 12.1 Å². The van der Waals surface area contributed by atoms with Gasteiger partial charge in [-0.2, -0.15) is 0 Å². The Hall–Kier alpha value is -3.49. The van der Waals surface area contributed by atoms with Gasteiger partial charge in [-0.15, -0.1) is 0 Å². The second kappa shape index (κ2) is 10.0. The molecule has 2 fully saturated rings. The number of imide groups is 1. The Kier molecular flexibility index (Phi) is 7.05. The number of allylic oxidation sites excluding steroid dienone is 2. The lowest BCUT2D eigenvalue weighted by Gasteiger charge is -2.28. The van der Waals surface area contributed by atoms with Crippen molar-refractivity contribution in [2.45, 2.75) is 39.7 Å². The van der Waals surface area contributed by atoms with Gasteiger partial charge in [0.15, 0.2) is 6.61 Å². The van der Waals surface area contributed by atoms with Crippen LogP contribution in [-0.2, 0) is 28.7 Å². The molecule has 0 unspecified atom stereocenters. The van der Waals surface area contributed by atoms with Crippen LogP contribution in [0.15, 0.2) is 36.4 Å². The minimum Gasteiger partial charge on any atom is -0.462 e. The zero-order valence-corrected chi connectivity index (χ0v) is 20.1. The van der Waals surface area contributed by atoms with Gasteiger partial charge in [0.05, 0.1) is 24.0 Å². The average Bonchev–Trinajstić information content (AvgIpc) is 3.51. The Bertz CT molecular complexity index is 1030. The highest BCUT2D eigenvalue weighted by Gasteiger charge is 2.61. The van der Waals surface area contributed by atoms with Crippen molar-refractivity contribution >= 4 is 35.3 Å². The van der Waals surface area contributed by atoms with Crippen molar-refractivity contribution in [1.29, 1.82) is 0 Å². The van der Waals surface area contributed by atoms with E-state index in [0.717, 1.165) is 17.7 Å². The molecule has 5 atom stereocenters. The summed E-state index contributed by atoms with van der Waals surface area (Å²) < 4.78 is 10.3. The first-order chi connectivity index (χ1) is 16.7. The van der Waals surface area contributed by atoms with Crippen molar-refractivity contribution in [2.75, 3.05) is 18.5 Å². The van der Waals surface area contributed by atoms with Crippen molar-refractivity contribution in [1.82, 2.24) is 4.90 Å². The van der Waals surface area contributed by atoms with Crippen molar-refractivity contribution in [2.24, 2.45) is 29.6 Å². The smallest absolute Gasteiger partial charge is 0.338 e. The third-order valence-corrected chi connectivity index (χ3v) is 6.84. The van der Waals surface area contributed by atoms with E-state index in [2.05, 4.69) is 5.32 Å². The van der Waals surface area contributed by atoms with Crippen molar-refractivity contribution < 1.29 is 33.4 Å². The van der Waals surface area contributed by atoms with Crippen LogP contribution in [0.1, 0.15) is 44.0 Å². The summed E-state index contributed by atoms with van der Waals surface area (Å²) in [7, 11) is 0. The lowest BCUT2D eigenvalue weighted by molar-refractivity contribution is -0.162. The second-order valence-electron chi connectivity index (χ2n) is 9.60. The number of benzene rings is 1. The average molecular weight is 483 g/mol. The summed E-state index contributed by atoms with van der Waals surface area (Å²) in [5.41, 5.74) is 0.773. The molecule has 2 bridgehead atoms. The van der Waals surface area contributed by atoms with Gasteiger partial charge in [0.1, 0.15) is 6.04 Å². The van der Waals surface area contributed by atoms with Crippen molar-refractivity contribution in [3.05, 3.63) is 42.0 Å². The van der Waals surface area contributed by atoms with Gasteiger partial charge in [0.25, 0.3) is 5.91 Å². The second-order valence-corrected chi connectivity index (χ2v) is 9.60. The number of nitrogens with zero attached hydrogens (tertiary/aromatic N) is 1. The first-order valence-electron chi connectivity index (χ1n) is 12.0. The van der Waals surface area contributed by atoms with Gasteiger partial charge in [0, 0.05) is 5.69 Å². The number of hydrogen-bond acceptors (Lipinski definition) is 7. The number of rotatable bonds is 9. The molecule has 9 heteroatoms. The molecule has 2 aliphatic carbocycles. The van der Waals surface area contributed by atoms with Crippen LogP contribution in [0.25, 0.3) is 0 Å². The lowest BCUT2D eigenvalue weighted by atomic mass is 9.85. The summed E-state index contributed by atoms with van der Waals surface area (Å²) in [6, 6.07) is 5.06. The maximum absolute atomic E-state index is 13.1. The van der Waals surface area contributed by atoms with E-state index < -0.39 is 42.3 Å². The lowest BCUT2D eigenvalue weighted by Crippen LogP contribution is -2.50. The number of ether oxygens (including phenoxy) is 2. The van der Waals surface area contributed by atoms with Gasteiger partial charge in [-0.3, -0.25) is 19.3 Å². The van der Waals surface area contributed by atoms with Crippen molar-refractivity contribution in [3.8, 4) is 0 Å².